The number of hydrogen-bond acceptors (Lipinski definition) is 3. The first-order valence-corrected chi connectivity index (χ1v) is 11.2. The van der Waals surface area contributed by atoms with E-state index in [0.29, 0.717) is 11.5 Å². The summed E-state index contributed by atoms with van der Waals surface area (Å²) in [5.41, 5.74) is 0. The first-order valence-electron chi connectivity index (χ1n) is 10.1. The first kappa shape index (κ1) is 26.5. The quantitative estimate of drug-likeness (QED) is 0.288. The van der Waals surface area contributed by atoms with Gasteiger partial charge in [0.05, 0.1) is 12.8 Å². The van der Waals surface area contributed by atoms with E-state index in [0.717, 1.165) is 0 Å². The number of carboxylic acid groups (broad SMARTS) is 2. The molecular formula is C20H40O4S. The Labute approximate surface area is 159 Å². The van der Waals surface area contributed by atoms with Crippen LogP contribution in [0.3, 0.4) is 0 Å². The molecule has 0 saturated carbocycles. The normalized spacial score (nSPS) is 10.2. The number of unbranched alkanes of at least 4 members (excludes halogenated alkanes) is 11. The Balaban J connectivity index is 0. The maximum atomic E-state index is 9.97. The van der Waals surface area contributed by atoms with E-state index in [4.69, 9.17) is 10.2 Å². The zero-order valence-electron chi connectivity index (χ0n) is 16.4. The summed E-state index contributed by atoms with van der Waals surface area (Å²) in [6, 6.07) is 0. The van der Waals surface area contributed by atoms with Gasteiger partial charge in [-0.25, -0.2) is 0 Å². The molecule has 0 bridgehead atoms. The third-order valence-corrected chi connectivity index (χ3v) is 4.86. The number of thioether (sulfide) groups is 1. The van der Waals surface area contributed by atoms with Crippen molar-refractivity contribution < 1.29 is 19.8 Å². The molecule has 0 aromatic carbocycles. The van der Waals surface area contributed by atoms with Crippen LogP contribution in [0, 0.1) is 0 Å². The van der Waals surface area contributed by atoms with Gasteiger partial charge in [0.15, 0.2) is 0 Å². The predicted molar refractivity (Wildman–Crippen MR) is 109 cm³/mol. The molecule has 4 nitrogen and oxygen atoms in total. The second-order valence-corrected chi connectivity index (χ2v) is 7.66. The van der Waals surface area contributed by atoms with Crippen molar-refractivity contribution in [3.63, 3.8) is 0 Å². The van der Waals surface area contributed by atoms with Crippen LogP contribution in [0.1, 0.15) is 104 Å². The SMILES string of the molecule is CCCCCCCCCCCCCC.O=C(O)CCSCCC(=O)O. The third kappa shape index (κ3) is 31.6. The average molecular weight is 377 g/mol. The van der Waals surface area contributed by atoms with Crippen LogP contribution >= 0.6 is 11.8 Å². The minimum absolute atomic E-state index is 0.101. The monoisotopic (exact) mass is 376 g/mol. The number of carboxylic acids is 2. The van der Waals surface area contributed by atoms with Gasteiger partial charge in [0.25, 0.3) is 0 Å². The Kier molecular flexibility index (Phi) is 24.7. The summed E-state index contributed by atoms with van der Waals surface area (Å²) in [5.74, 6) is -0.703. The van der Waals surface area contributed by atoms with Crippen molar-refractivity contribution >= 4 is 23.7 Å². The molecule has 150 valence electrons. The van der Waals surface area contributed by atoms with Crippen molar-refractivity contribution in [1.82, 2.24) is 0 Å². The number of aliphatic carboxylic acids is 2. The smallest absolute Gasteiger partial charge is 0.304 e. The Hall–Kier alpha value is -0.710. The highest BCUT2D eigenvalue weighted by Gasteiger charge is 1.99. The highest BCUT2D eigenvalue weighted by atomic mass is 32.2. The molecule has 0 spiro atoms. The highest BCUT2D eigenvalue weighted by molar-refractivity contribution is 7.99. The van der Waals surface area contributed by atoms with Gasteiger partial charge in [0.1, 0.15) is 0 Å². The predicted octanol–water partition coefficient (Wildman–Crippen LogP) is 6.38. The third-order valence-electron chi connectivity index (χ3n) is 3.88. The van der Waals surface area contributed by atoms with Crippen LogP contribution in [-0.4, -0.2) is 33.7 Å². The summed E-state index contributed by atoms with van der Waals surface area (Å²) >= 11 is 1.35. The van der Waals surface area contributed by atoms with Crippen LogP contribution in [0.25, 0.3) is 0 Å². The van der Waals surface area contributed by atoms with Crippen molar-refractivity contribution in [2.24, 2.45) is 0 Å². The van der Waals surface area contributed by atoms with Crippen molar-refractivity contribution in [1.29, 1.82) is 0 Å². The Morgan fingerprint density at radius 1 is 0.600 bits per heavy atom. The summed E-state index contributed by atoms with van der Waals surface area (Å²) in [6.45, 7) is 4.57. The Morgan fingerprint density at radius 3 is 1.12 bits per heavy atom. The minimum atomic E-state index is -0.840. The summed E-state index contributed by atoms with van der Waals surface area (Å²) < 4.78 is 0. The van der Waals surface area contributed by atoms with E-state index in [1.54, 1.807) is 0 Å². The van der Waals surface area contributed by atoms with Gasteiger partial charge in [0, 0.05) is 11.5 Å². The van der Waals surface area contributed by atoms with Gasteiger partial charge in [-0.15, -0.1) is 0 Å². The number of rotatable bonds is 17. The van der Waals surface area contributed by atoms with E-state index in [1.165, 1.54) is 88.8 Å². The fourth-order valence-electron chi connectivity index (χ4n) is 2.34. The van der Waals surface area contributed by atoms with Crippen LogP contribution in [-0.2, 0) is 9.59 Å². The van der Waals surface area contributed by atoms with E-state index in [-0.39, 0.29) is 12.8 Å². The summed E-state index contributed by atoms with van der Waals surface area (Å²) in [5, 5.41) is 16.4. The Morgan fingerprint density at radius 2 is 0.880 bits per heavy atom. The zero-order valence-corrected chi connectivity index (χ0v) is 17.2. The molecule has 0 rings (SSSR count). The summed E-state index contributed by atoms with van der Waals surface area (Å²) in [6.07, 6.45) is 17.6. The van der Waals surface area contributed by atoms with Crippen LogP contribution in [0.5, 0.6) is 0 Å². The van der Waals surface area contributed by atoms with Crippen LogP contribution in [0.15, 0.2) is 0 Å². The summed E-state index contributed by atoms with van der Waals surface area (Å²) in [4.78, 5) is 19.9. The lowest BCUT2D eigenvalue weighted by Crippen LogP contribution is -1.99. The molecule has 0 aromatic rings. The molecule has 5 heteroatoms. The van der Waals surface area contributed by atoms with Crippen molar-refractivity contribution in [2.45, 2.75) is 104 Å². The van der Waals surface area contributed by atoms with E-state index in [1.807, 2.05) is 0 Å². The number of hydrogen-bond donors (Lipinski definition) is 2. The zero-order chi connectivity index (χ0) is 19.2. The van der Waals surface area contributed by atoms with Crippen molar-refractivity contribution in [3.05, 3.63) is 0 Å². The molecule has 0 radical (unpaired) electrons. The topological polar surface area (TPSA) is 74.6 Å². The number of carbonyl (C=O) groups is 2. The van der Waals surface area contributed by atoms with Crippen LogP contribution < -0.4 is 0 Å². The molecular weight excluding hydrogens is 336 g/mol. The summed E-state index contributed by atoms with van der Waals surface area (Å²) in [7, 11) is 0. The van der Waals surface area contributed by atoms with Gasteiger partial charge in [0.2, 0.25) is 0 Å². The standard InChI is InChI=1S/C14H30.C6H10O4S/c1-3-5-7-9-11-13-14-12-10-8-6-4-2;7-5(8)1-3-11-4-2-6(9)10/h3-14H2,1-2H3;1-4H2,(H,7,8)(H,9,10). The molecule has 0 saturated heterocycles. The molecule has 0 fully saturated rings. The van der Waals surface area contributed by atoms with Gasteiger partial charge < -0.3 is 10.2 Å². The molecule has 0 aliphatic carbocycles. The second-order valence-electron chi connectivity index (χ2n) is 6.44. The van der Waals surface area contributed by atoms with Gasteiger partial charge >= 0.3 is 11.9 Å². The largest absolute Gasteiger partial charge is 0.481 e. The van der Waals surface area contributed by atoms with Crippen molar-refractivity contribution in [2.75, 3.05) is 11.5 Å². The van der Waals surface area contributed by atoms with Gasteiger partial charge in [-0.2, -0.15) is 11.8 Å². The fourth-order valence-corrected chi connectivity index (χ4v) is 3.18. The lowest BCUT2D eigenvalue weighted by atomic mass is 10.1. The minimum Gasteiger partial charge on any atom is -0.481 e. The second kappa shape index (κ2) is 23.3. The van der Waals surface area contributed by atoms with E-state index in [2.05, 4.69) is 13.8 Å². The lowest BCUT2D eigenvalue weighted by molar-refractivity contribution is -0.137. The highest BCUT2D eigenvalue weighted by Crippen LogP contribution is 2.11. The van der Waals surface area contributed by atoms with Gasteiger partial charge in [-0.3, -0.25) is 9.59 Å². The van der Waals surface area contributed by atoms with Crippen molar-refractivity contribution in [3.8, 4) is 0 Å². The van der Waals surface area contributed by atoms with Gasteiger partial charge in [-0.05, 0) is 0 Å². The first-order chi connectivity index (χ1) is 12.0. The van der Waals surface area contributed by atoms with E-state index >= 15 is 0 Å². The maximum absolute atomic E-state index is 9.97. The van der Waals surface area contributed by atoms with Crippen LogP contribution in [0.4, 0.5) is 0 Å². The lowest BCUT2D eigenvalue weighted by Gasteiger charge is -2.01. The van der Waals surface area contributed by atoms with Gasteiger partial charge in [-0.1, -0.05) is 90.9 Å². The van der Waals surface area contributed by atoms with E-state index < -0.39 is 11.9 Å². The average Bonchev–Trinajstić information content (AvgIpc) is 2.56. The molecule has 0 atom stereocenters. The molecule has 0 amide bonds. The fraction of sp³-hybridized carbons (Fsp3) is 0.900. The molecule has 2 N–H and O–H groups in total. The molecule has 0 aliphatic heterocycles. The molecule has 0 aromatic heterocycles. The van der Waals surface area contributed by atoms with Crippen LogP contribution in [0.2, 0.25) is 0 Å². The maximum Gasteiger partial charge on any atom is 0.304 e. The molecule has 25 heavy (non-hydrogen) atoms. The van der Waals surface area contributed by atoms with E-state index in [9.17, 15) is 9.59 Å². The molecule has 0 aliphatic rings. The Bertz CT molecular complexity index is 267. The molecule has 0 unspecified atom stereocenters. The molecule has 0 heterocycles.